The summed E-state index contributed by atoms with van der Waals surface area (Å²) < 4.78 is 14.2. The van der Waals surface area contributed by atoms with Crippen molar-refractivity contribution in [1.82, 2.24) is 10.4 Å². The topological polar surface area (TPSA) is 53.9 Å². The second kappa shape index (κ2) is 5.97. The number of terminal acetylenes is 1. The van der Waals surface area contributed by atoms with Gasteiger partial charge in [-0.25, -0.2) is 14.9 Å². The summed E-state index contributed by atoms with van der Waals surface area (Å²) >= 11 is 0. The van der Waals surface area contributed by atoms with Crippen molar-refractivity contribution in [2.45, 2.75) is 13.3 Å². The van der Waals surface area contributed by atoms with Crippen LogP contribution in [0.5, 0.6) is 0 Å². The van der Waals surface area contributed by atoms with Crippen molar-refractivity contribution in [2.24, 2.45) is 4.99 Å². The largest absolute Gasteiger partial charge is 0.384 e. The van der Waals surface area contributed by atoms with E-state index in [1.165, 1.54) is 11.0 Å². The molecule has 5 nitrogen and oxygen atoms in total. The third kappa shape index (κ3) is 2.46. The first-order valence-electron chi connectivity index (χ1n) is 7.12. The number of hydroxylamine groups is 1. The molecule has 0 bridgehead atoms. The van der Waals surface area contributed by atoms with Crippen LogP contribution in [0.15, 0.2) is 46.4 Å². The van der Waals surface area contributed by atoms with Gasteiger partial charge in [-0.2, -0.15) is 0 Å². The Bertz CT molecular complexity index is 802. The highest BCUT2D eigenvalue weighted by atomic mass is 19.1. The summed E-state index contributed by atoms with van der Waals surface area (Å²) in [6, 6.07) is 6.23. The Kier molecular flexibility index (Phi) is 3.85. The van der Waals surface area contributed by atoms with Crippen molar-refractivity contribution in [3.05, 3.63) is 52.8 Å². The maximum Gasteiger partial charge on any atom is 0.270 e. The molecule has 0 fully saturated rings. The van der Waals surface area contributed by atoms with E-state index in [-0.39, 0.29) is 18.0 Å². The molecule has 116 valence electrons. The van der Waals surface area contributed by atoms with Gasteiger partial charge >= 0.3 is 0 Å². The number of hydrogen-bond acceptors (Lipinski definition) is 4. The lowest BCUT2D eigenvalue weighted by Crippen LogP contribution is -2.32. The number of halogens is 1. The highest BCUT2D eigenvalue weighted by Crippen LogP contribution is 2.35. The highest BCUT2D eigenvalue weighted by Gasteiger charge is 2.34. The average Bonchev–Trinajstić information content (AvgIpc) is 2.92. The summed E-state index contributed by atoms with van der Waals surface area (Å²) in [6.07, 6.45) is 7.06. The van der Waals surface area contributed by atoms with Crippen LogP contribution in [0.3, 0.4) is 0 Å². The number of nitrogens with zero attached hydrogens (tertiary/aromatic N) is 2. The van der Waals surface area contributed by atoms with E-state index < -0.39 is 5.82 Å². The van der Waals surface area contributed by atoms with Crippen molar-refractivity contribution < 1.29 is 14.0 Å². The molecule has 0 saturated carbocycles. The molecule has 0 spiro atoms. The number of carbonyl (C=O) groups is 1. The molecular formula is C17H14FN3O2. The molecule has 0 atom stereocenters. The summed E-state index contributed by atoms with van der Waals surface area (Å²) in [5.74, 6) is 2.20. The Morgan fingerprint density at radius 1 is 1.43 bits per heavy atom. The molecule has 6 heteroatoms. The average molecular weight is 311 g/mol. The molecule has 1 aromatic carbocycles. The van der Waals surface area contributed by atoms with Crippen LogP contribution < -0.4 is 5.48 Å². The monoisotopic (exact) mass is 311 g/mol. The molecule has 0 saturated heterocycles. The second-order valence-electron chi connectivity index (χ2n) is 4.92. The van der Waals surface area contributed by atoms with Crippen LogP contribution in [-0.2, 0) is 9.63 Å². The summed E-state index contributed by atoms with van der Waals surface area (Å²) in [4.78, 5) is 23.3. The molecule has 0 unspecified atom stereocenters. The quantitative estimate of drug-likeness (QED) is 0.871. The standard InChI is InChI=1S/C17H14FN3O2/c1-3-9-21-14(22)10-19-15(11-7-5-6-8-12(11)18)16-17(21)13(4-2)23-20-16/h1,5-8,10,20H,4,9H2,2H3. The molecule has 2 aliphatic rings. The van der Waals surface area contributed by atoms with Crippen LogP contribution in [-0.4, -0.2) is 23.6 Å². The third-order valence-electron chi connectivity index (χ3n) is 3.55. The normalized spacial score (nSPS) is 16.7. The Hall–Kier alpha value is -3.07. The Labute approximate surface area is 133 Å². The number of carbonyl (C=O) groups excluding carboxylic acids is 1. The summed E-state index contributed by atoms with van der Waals surface area (Å²) in [5.41, 5.74) is 4.27. The van der Waals surface area contributed by atoms with E-state index in [1.54, 1.807) is 18.2 Å². The van der Waals surface area contributed by atoms with Crippen LogP contribution in [0.4, 0.5) is 4.39 Å². The van der Waals surface area contributed by atoms with Crippen molar-refractivity contribution >= 4 is 17.8 Å². The number of aliphatic imine (C=N–C) groups is 1. The lowest BCUT2D eigenvalue weighted by Gasteiger charge is -2.18. The van der Waals surface area contributed by atoms with E-state index in [2.05, 4.69) is 16.4 Å². The predicted octanol–water partition coefficient (Wildman–Crippen LogP) is 2.20. The molecule has 0 aliphatic carbocycles. The Morgan fingerprint density at radius 2 is 2.22 bits per heavy atom. The molecule has 3 rings (SSSR count). The maximum absolute atomic E-state index is 14.2. The van der Waals surface area contributed by atoms with E-state index in [9.17, 15) is 9.18 Å². The number of allylic oxidation sites excluding steroid dienone is 1. The number of amides is 1. The molecule has 1 amide bonds. The first-order valence-corrected chi connectivity index (χ1v) is 7.12. The summed E-state index contributed by atoms with van der Waals surface area (Å²) in [5, 5.41) is 0. The van der Waals surface area contributed by atoms with Gasteiger partial charge in [0.25, 0.3) is 5.91 Å². The van der Waals surface area contributed by atoms with Crippen LogP contribution in [0.25, 0.3) is 5.70 Å². The summed E-state index contributed by atoms with van der Waals surface area (Å²) in [6.45, 7) is 1.96. The van der Waals surface area contributed by atoms with Crippen molar-refractivity contribution in [1.29, 1.82) is 0 Å². The molecule has 2 aliphatic heterocycles. The third-order valence-corrected chi connectivity index (χ3v) is 3.55. The Morgan fingerprint density at radius 3 is 2.91 bits per heavy atom. The number of benzene rings is 1. The fraction of sp³-hybridized carbons (Fsp3) is 0.176. The van der Waals surface area contributed by atoms with Gasteiger partial charge in [0.2, 0.25) is 0 Å². The van der Waals surface area contributed by atoms with Crippen LogP contribution in [0.2, 0.25) is 0 Å². The van der Waals surface area contributed by atoms with Crippen molar-refractivity contribution in [3.63, 3.8) is 0 Å². The second-order valence-corrected chi connectivity index (χ2v) is 4.92. The zero-order valence-corrected chi connectivity index (χ0v) is 12.5. The van der Waals surface area contributed by atoms with Gasteiger partial charge in [-0.15, -0.1) is 6.42 Å². The maximum atomic E-state index is 14.2. The van der Waals surface area contributed by atoms with Crippen molar-refractivity contribution in [3.8, 4) is 12.3 Å². The zero-order valence-electron chi connectivity index (χ0n) is 12.5. The molecule has 1 N–H and O–H groups in total. The first kappa shape index (κ1) is 14.9. The Balaban J connectivity index is 2.24. The predicted molar refractivity (Wildman–Crippen MR) is 83.9 cm³/mol. The number of hydrogen-bond donors (Lipinski definition) is 1. The summed E-state index contributed by atoms with van der Waals surface area (Å²) in [7, 11) is 0. The molecule has 0 radical (unpaired) electrons. The SMILES string of the molecule is C#CCN1C(=O)C=NC(c2ccccc2F)=C2NOC(CC)=C21. The van der Waals surface area contributed by atoms with Gasteiger partial charge in [0, 0.05) is 12.0 Å². The van der Waals surface area contributed by atoms with Gasteiger partial charge in [-0.3, -0.25) is 9.69 Å². The minimum Gasteiger partial charge on any atom is -0.384 e. The van der Waals surface area contributed by atoms with Gasteiger partial charge in [0.05, 0.1) is 12.8 Å². The van der Waals surface area contributed by atoms with E-state index in [0.29, 0.717) is 29.3 Å². The number of rotatable bonds is 3. The fourth-order valence-corrected chi connectivity index (χ4v) is 2.50. The highest BCUT2D eigenvalue weighted by molar-refractivity contribution is 6.28. The first-order chi connectivity index (χ1) is 11.2. The minimum absolute atomic E-state index is 0.0722. The lowest BCUT2D eigenvalue weighted by molar-refractivity contribution is -0.121. The van der Waals surface area contributed by atoms with Gasteiger partial charge in [0.1, 0.15) is 22.9 Å². The van der Waals surface area contributed by atoms with E-state index in [1.807, 2.05) is 6.92 Å². The van der Waals surface area contributed by atoms with Gasteiger partial charge in [0.15, 0.2) is 5.76 Å². The van der Waals surface area contributed by atoms with Gasteiger partial charge in [-0.05, 0) is 12.1 Å². The van der Waals surface area contributed by atoms with Crippen LogP contribution in [0, 0.1) is 18.2 Å². The minimum atomic E-state index is -0.434. The number of fused-ring (bicyclic) bond motifs is 1. The molecule has 1 aromatic rings. The van der Waals surface area contributed by atoms with Gasteiger partial charge in [-0.1, -0.05) is 25.0 Å². The van der Waals surface area contributed by atoms with E-state index in [0.717, 1.165) is 6.21 Å². The zero-order chi connectivity index (χ0) is 16.4. The molecule has 23 heavy (non-hydrogen) atoms. The fourth-order valence-electron chi connectivity index (χ4n) is 2.50. The molecule has 2 heterocycles. The molecule has 0 aromatic heterocycles. The van der Waals surface area contributed by atoms with E-state index in [4.69, 9.17) is 11.3 Å². The van der Waals surface area contributed by atoms with Crippen LogP contribution >= 0.6 is 0 Å². The van der Waals surface area contributed by atoms with Crippen molar-refractivity contribution in [2.75, 3.05) is 6.54 Å². The van der Waals surface area contributed by atoms with Gasteiger partial charge < -0.3 is 4.84 Å². The number of nitrogens with one attached hydrogen (secondary N) is 1. The lowest BCUT2D eigenvalue weighted by atomic mass is 10.1. The smallest absolute Gasteiger partial charge is 0.270 e. The van der Waals surface area contributed by atoms with E-state index >= 15 is 0 Å². The van der Waals surface area contributed by atoms with Crippen LogP contribution in [0.1, 0.15) is 18.9 Å². The molecular weight excluding hydrogens is 297 g/mol.